The molecule has 1 unspecified atom stereocenters. The van der Waals surface area contributed by atoms with E-state index in [0.717, 1.165) is 17.5 Å². The van der Waals surface area contributed by atoms with Gasteiger partial charge in [0, 0.05) is 24.8 Å². The van der Waals surface area contributed by atoms with E-state index in [4.69, 9.17) is 19.9 Å². The number of aromatic amines is 1. The van der Waals surface area contributed by atoms with Gasteiger partial charge in [0.2, 0.25) is 0 Å². The standard InChI is InChI=1S/C23H24N4O4/c1-29-15-10-14(11-16(12-15)30-2)27-21(24)19(20(28)23(27)8-5-9-31-13-23)22-25-17-6-3-4-7-18(17)26-22/h3-4,6-7,10-12H,5,8-9,13,24H2,1-2H3,(H,25,26). The summed E-state index contributed by atoms with van der Waals surface area (Å²) in [6, 6.07) is 13.1. The van der Waals surface area contributed by atoms with Crippen LogP contribution in [-0.4, -0.2) is 48.7 Å². The van der Waals surface area contributed by atoms with Crippen molar-refractivity contribution in [3.05, 3.63) is 54.1 Å². The van der Waals surface area contributed by atoms with Crippen LogP contribution in [0.2, 0.25) is 0 Å². The van der Waals surface area contributed by atoms with Crippen molar-refractivity contribution in [3.8, 4) is 11.5 Å². The number of ketones is 1. The lowest BCUT2D eigenvalue weighted by atomic mass is 9.85. The minimum absolute atomic E-state index is 0.0921. The topological polar surface area (TPSA) is 103 Å². The average molecular weight is 420 g/mol. The lowest BCUT2D eigenvalue weighted by Gasteiger charge is -2.41. The Morgan fingerprint density at radius 2 is 1.90 bits per heavy atom. The third-order valence-electron chi connectivity index (χ3n) is 6.02. The molecule has 1 saturated heterocycles. The molecule has 1 aromatic heterocycles. The van der Waals surface area contributed by atoms with Gasteiger partial charge in [-0.05, 0) is 25.0 Å². The molecular weight excluding hydrogens is 396 g/mol. The van der Waals surface area contributed by atoms with E-state index < -0.39 is 5.54 Å². The van der Waals surface area contributed by atoms with Gasteiger partial charge in [0.25, 0.3) is 0 Å². The van der Waals surface area contributed by atoms with E-state index in [1.165, 1.54) is 0 Å². The molecule has 1 spiro atoms. The number of nitrogens with two attached hydrogens (primary N) is 1. The molecule has 0 bridgehead atoms. The number of nitrogens with one attached hydrogen (secondary N) is 1. The van der Waals surface area contributed by atoms with E-state index in [-0.39, 0.29) is 12.4 Å². The van der Waals surface area contributed by atoms with Crippen molar-refractivity contribution in [1.82, 2.24) is 9.97 Å². The summed E-state index contributed by atoms with van der Waals surface area (Å²) in [7, 11) is 3.18. The maximum atomic E-state index is 13.9. The molecule has 0 aliphatic carbocycles. The third-order valence-corrected chi connectivity index (χ3v) is 6.02. The molecule has 2 aliphatic heterocycles. The third kappa shape index (κ3) is 2.94. The van der Waals surface area contributed by atoms with Crippen LogP contribution in [0.1, 0.15) is 18.7 Å². The summed E-state index contributed by atoms with van der Waals surface area (Å²) in [5, 5.41) is 0. The molecule has 31 heavy (non-hydrogen) atoms. The average Bonchev–Trinajstić information content (AvgIpc) is 3.30. The summed E-state index contributed by atoms with van der Waals surface area (Å²) in [6.45, 7) is 0.861. The van der Waals surface area contributed by atoms with Crippen molar-refractivity contribution in [1.29, 1.82) is 0 Å². The fraction of sp³-hybridized carbons (Fsp3) is 0.304. The molecule has 0 saturated carbocycles. The second-order valence-electron chi connectivity index (χ2n) is 7.79. The zero-order valence-electron chi connectivity index (χ0n) is 17.5. The smallest absolute Gasteiger partial charge is 0.198 e. The number of methoxy groups -OCH3 is 2. The van der Waals surface area contributed by atoms with Crippen LogP contribution in [0.5, 0.6) is 11.5 Å². The summed E-state index contributed by atoms with van der Waals surface area (Å²) >= 11 is 0. The van der Waals surface area contributed by atoms with Crippen LogP contribution >= 0.6 is 0 Å². The van der Waals surface area contributed by atoms with Gasteiger partial charge < -0.3 is 29.8 Å². The number of rotatable bonds is 4. The first-order valence-electron chi connectivity index (χ1n) is 10.2. The van der Waals surface area contributed by atoms with Gasteiger partial charge in [0.05, 0.1) is 37.5 Å². The fourth-order valence-electron chi connectivity index (χ4n) is 4.54. The molecule has 2 aliphatic rings. The van der Waals surface area contributed by atoms with Gasteiger partial charge in [0.15, 0.2) is 5.78 Å². The highest BCUT2D eigenvalue weighted by molar-refractivity contribution is 6.30. The number of H-pyrrole nitrogens is 1. The monoisotopic (exact) mass is 420 g/mol. The van der Waals surface area contributed by atoms with Gasteiger partial charge in [-0.25, -0.2) is 4.98 Å². The van der Waals surface area contributed by atoms with E-state index in [9.17, 15) is 4.79 Å². The lowest BCUT2D eigenvalue weighted by Crippen LogP contribution is -2.56. The van der Waals surface area contributed by atoms with Crippen molar-refractivity contribution in [2.45, 2.75) is 18.4 Å². The number of para-hydroxylation sites is 2. The Bertz CT molecular complexity index is 1140. The van der Waals surface area contributed by atoms with Crippen LogP contribution in [-0.2, 0) is 9.53 Å². The summed E-state index contributed by atoms with van der Waals surface area (Å²) in [5.74, 6) is 1.93. The second-order valence-corrected chi connectivity index (χ2v) is 7.79. The van der Waals surface area contributed by atoms with Gasteiger partial charge in [-0.1, -0.05) is 12.1 Å². The molecular formula is C23H24N4O4. The predicted molar refractivity (Wildman–Crippen MR) is 117 cm³/mol. The first-order chi connectivity index (χ1) is 15.1. The highest BCUT2D eigenvalue weighted by atomic mass is 16.5. The van der Waals surface area contributed by atoms with E-state index in [1.54, 1.807) is 20.3 Å². The maximum absolute atomic E-state index is 13.9. The molecule has 1 atom stereocenters. The number of anilines is 1. The summed E-state index contributed by atoms with van der Waals surface area (Å²) in [6.07, 6.45) is 1.37. The van der Waals surface area contributed by atoms with Crippen molar-refractivity contribution in [2.75, 3.05) is 32.3 Å². The molecule has 8 nitrogen and oxygen atoms in total. The molecule has 160 valence electrons. The molecule has 0 amide bonds. The molecule has 3 aromatic rings. The highest BCUT2D eigenvalue weighted by Gasteiger charge is 2.55. The summed E-state index contributed by atoms with van der Waals surface area (Å²) < 4.78 is 16.7. The number of hydrogen-bond donors (Lipinski definition) is 2. The second kappa shape index (κ2) is 7.31. The number of fused-ring (bicyclic) bond motifs is 1. The minimum Gasteiger partial charge on any atom is -0.497 e. The van der Waals surface area contributed by atoms with Crippen LogP contribution in [0.25, 0.3) is 16.6 Å². The first-order valence-corrected chi connectivity index (χ1v) is 10.2. The van der Waals surface area contributed by atoms with E-state index >= 15 is 0 Å². The minimum atomic E-state index is -0.936. The number of carbonyl (C=O) groups is 1. The van der Waals surface area contributed by atoms with Crippen LogP contribution in [0.15, 0.2) is 48.3 Å². The van der Waals surface area contributed by atoms with Crippen molar-refractivity contribution in [3.63, 3.8) is 0 Å². The van der Waals surface area contributed by atoms with Gasteiger partial charge >= 0.3 is 0 Å². The number of ether oxygens (including phenoxy) is 3. The number of carbonyl (C=O) groups excluding carboxylic acids is 1. The molecule has 1 fully saturated rings. The largest absolute Gasteiger partial charge is 0.497 e. The summed E-state index contributed by atoms with van der Waals surface area (Å²) in [4.78, 5) is 23.6. The SMILES string of the molecule is COc1cc(OC)cc(N2C(N)=C(c3nc4ccccc4[nH]3)C(=O)C23CCCOC3)c1. The quantitative estimate of drug-likeness (QED) is 0.669. The van der Waals surface area contributed by atoms with Crippen LogP contribution in [0, 0.1) is 0 Å². The number of aromatic nitrogens is 2. The van der Waals surface area contributed by atoms with Crippen LogP contribution in [0.3, 0.4) is 0 Å². The van der Waals surface area contributed by atoms with E-state index in [2.05, 4.69) is 9.97 Å². The number of hydrogen-bond acceptors (Lipinski definition) is 7. The lowest BCUT2D eigenvalue weighted by molar-refractivity contribution is -0.122. The van der Waals surface area contributed by atoms with E-state index in [1.807, 2.05) is 41.3 Å². The maximum Gasteiger partial charge on any atom is 0.198 e. The zero-order valence-corrected chi connectivity index (χ0v) is 17.5. The normalized spacial score (nSPS) is 21.4. The Labute approximate surface area is 179 Å². The Balaban J connectivity index is 1.71. The Morgan fingerprint density at radius 1 is 1.16 bits per heavy atom. The fourth-order valence-corrected chi connectivity index (χ4v) is 4.54. The van der Waals surface area contributed by atoms with E-state index in [0.29, 0.717) is 47.4 Å². The van der Waals surface area contributed by atoms with Gasteiger partial charge in [-0.3, -0.25) is 4.79 Å². The Morgan fingerprint density at radius 3 is 2.55 bits per heavy atom. The molecule has 2 aromatic carbocycles. The Hall–Kier alpha value is -3.52. The highest BCUT2D eigenvalue weighted by Crippen LogP contribution is 2.45. The molecule has 5 rings (SSSR count). The molecule has 3 heterocycles. The zero-order chi connectivity index (χ0) is 21.6. The Kier molecular flexibility index (Phi) is 4.59. The van der Waals surface area contributed by atoms with Gasteiger partial charge in [-0.2, -0.15) is 0 Å². The van der Waals surface area contributed by atoms with Gasteiger partial charge in [-0.15, -0.1) is 0 Å². The van der Waals surface area contributed by atoms with Crippen molar-refractivity contribution >= 4 is 28.1 Å². The van der Waals surface area contributed by atoms with Crippen molar-refractivity contribution in [2.24, 2.45) is 5.73 Å². The molecule has 8 heteroatoms. The first kappa shape index (κ1) is 19.4. The predicted octanol–water partition coefficient (Wildman–Crippen LogP) is 2.85. The number of benzene rings is 2. The van der Waals surface area contributed by atoms with Crippen molar-refractivity contribution < 1.29 is 19.0 Å². The number of nitrogens with zero attached hydrogens (tertiary/aromatic N) is 2. The molecule has 3 N–H and O–H groups in total. The van der Waals surface area contributed by atoms with Crippen LogP contribution < -0.4 is 20.1 Å². The number of imidazole rings is 1. The molecule has 0 radical (unpaired) electrons. The van der Waals surface area contributed by atoms with Gasteiger partial charge in [0.1, 0.15) is 34.3 Å². The van der Waals surface area contributed by atoms with Crippen LogP contribution in [0.4, 0.5) is 5.69 Å². The summed E-state index contributed by atoms with van der Waals surface area (Å²) in [5.41, 5.74) is 8.45. The number of Topliss-reactive ketones (excluding diaryl/α,β-unsaturated/α-hetero) is 1.